The van der Waals surface area contributed by atoms with E-state index in [9.17, 15) is 10.1 Å². The molecule has 0 aliphatic carbocycles. The van der Waals surface area contributed by atoms with E-state index in [1.165, 1.54) is 12.1 Å². The van der Waals surface area contributed by atoms with Crippen molar-refractivity contribution in [3.8, 4) is 5.88 Å². The van der Waals surface area contributed by atoms with Gasteiger partial charge in [0.15, 0.2) is 0 Å². The lowest BCUT2D eigenvalue weighted by atomic mass is 10.1. The SMILES string of the molecule is CNc1cc([N+](=O)[O-])cc(OC(C)C(C)C)n1. The molecular formula is C11H17N3O3. The highest BCUT2D eigenvalue weighted by Gasteiger charge is 2.15. The predicted molar refractivity (Wildman–Crippen MR) is 65.4 cm³/mol. The van der Waals surface area contributed by atoms with Crippen molar-refractivity contribution in [3.63, 3.8) is 0 Å². The van der Waals surface area contributed by atoms with E-state index in [2.05, 4.69) is 10.3 Å². The van der Waals surface area contributed by atoms with E-state index in [0.717, 1.165) is 0 Å². The fourth-order valence-corrected chi connectivity index (χ4v) is 1.11. The predicted octanol–water partition coefficient (Wildman–Crippen LogP) is 2.45. The highest BCUT2D eigenvalue weighted by molar-refractivity contribution is 5.47. The van der Waals surface area contributed by atoms with Crippen LogP contribution in [0.4, 0.5) is 11.5 Å². The van der Waals surface area contributed by atoms with Crippen LogP contribution in [0.25, 0.3) is 0 Å². The summed E-state index contributed by atoms with van der Waals surface area (Å²) in [5.74, 6) is 1.00. The van der Waals surface area contributed by atoms with Crippen LogP contribution in [0.3, 0.4) is 0 Å². The third-order valence-corrected chi connectivity index (χ3v) is 2.50. The quantitative estimate of drug-likeness (QED) is 0.630. The fraction of sp³-hybridized carbons (Fsp3) is 0.545. The molecule has 0 amide bonds. The van der Waals surface area contributed by atoms with Gasteiger partial charge in [0, 0.05) is 7.05 Å². The summed E-state index contributed by atoms with van der Waals surface area (Å²) in [6, 6.07) is 2.70. The highest BCUT2D eigenvalue weighted by Crippen LogP contribution is 2.23. The molecule has 1 atom stereocenters. The number of ether oxygens (including phenoxy) is 1. The maximum atomic E-state index is 10.7. The average Bonchev–Trinajstić information content (AvgIpc) is 2.28. The van der Waals surface area contributed by atoms with E-state index >= 15 is 0 Å². The smallest absolute Gasteiger partial charge is 0.278 e. The molecule has 0 saturated carbocycles. The third kappa shape index (κ3) is 3.58. The van der Waals surface area contributed by atoms with Crippen molar-refractivity contribution in [2.45, 2.75) is 26.9 Å². The van der Waals surface area contributed by atoms with Gasteiger partial charge >= 0.3 is 0 Å². The Kier molecular flexibility index (Phi) is 4.25. The van der Waals surface area contributed by atoms with Gasteiger partial charge in [0.2, 0.25) is 5.88 Å². The Labute approximate surface area is 100 Å². The summed E-state index contributed by atoms with van der Waals surface area (Å²) < 4.78 is 5.55. The number of rotatable bonds is 5. The maximum absolute atomic E-state index is 10.7. The van der Waals surface area contributed by atoms with E-state index in [1.807, 2.05) is 20.8 Å². The van der Waals surface area contributed by atoms with Crippen molar-refractivity contribution in [2.24, 2.45) is 5.92 Å². The normalized spacial score (nSPS) is 12.3. The Balaban J connectivity index is 2.98. The zero-order valence-electron chi connectivity index (χ0n) is 10.4. The van der Waals surface area contributed by atoms with E-state index in [1.54, 1.807) is 7.05 Å². The third-order valence-electron chi connectivity index (χ3n) is 2.50. The molecule has 1 unspecified atom stereocenters. The number of anilines is 1. The largest absolute Gasteiger partial charge is 0.474 e. The monoisotopic (exact) mass is 239 g/mol. The first kappa shape index (κ1) is 13.2. The molecule has 1 rings (SSSR count). The minimum atomic E-state index is -0.463. The molecule has 17 heavy (non-hydrogen) atoms. The molecule has 0 bridgehead atoms. The molecular weight excluding hydrogens is 222 g/mol. The molecule has 1 heterocycles. The molecule has 0 radical (unpaired) electrons. The highest BCUT2D eigenvalue weighted by atomic mass is 16.6. The van der Waals surface area contributed by atoms with Crippen molar-refractivity contribution in [3.05, 3.63) is 22.2 Å². The summed E-state index contributed by atoms with van der Waals surface area (Å²) in [7, 11) is 1.65. The number of nitro groups is 1. The van der Waals surface area contributed by atoms with Crippen LogP contribution < -0.4 is 10.1 Å². The van der Waals surface area contributed by atoms with Crippen LogP contribution in [-0.4, -0.2) is 23.1 Å². The van der Waals surface area contributed by atoms with Crippen LogP contribution in [0.2, 0.25) is 0 Å². The number of hydrogen-bond acceptors (Lipinski definition) is 5. The molecule has 1 aromatic heterocycles. The minimum absolute atomic E-state index is 0.0321. The Hall–Kier alpha value is -1.85. The first-order valence-corrected chi connectivity index (χ1v) is 5.45. The van der Waals surface area contributed by atoms with Gasteiger partial charge in [-0.15, -0.1) is 0 Å². The lowest BCUT2D eigenvalue weighted by Gasteiger charge is -2.17. The van der Waals surface area contributed by atoms with Crippen LogP contribution >= 0.6 is 0 Å². The van der Waals surface area contributed by atoms with E-state index in [0.29, 0.717) is 11.7 Å². The van der Waals surface area contributed by atoms with Gasteiger partial charge in [0.25, 0.3) is 5.69 Å². The van der Waals surface area contributed by atoms with Gasteiger partial charge in [0.05, 0.1) is 23.2 Å². The fourth-order valence-electron chi connectivity index (χ4n) is 1.11. The van der Waals surface area contributed by atoms with Gasteiger partial charge in [0.1, 0.15) is 5.82 Å². The summed E-state index contributed by atoms with van der Waals surface area (Å²) in [5, 5.41) is 13.5. The van der Waals surface area contributed by atoms with Crippen molar-refractivity contribution >= 4 is 11.5 Å². The number of pyridine rings is 1. The zero-order valence-corrected chi connectivity index (χ0v) is 10.4. The number of aromatic nitrogens is 1. The topological polar surface area (TPSA) is 77.3 Å². The maximum Gasteiger partial charge on any atom is 0.278 e. The summed E-state index contributed by atoms with van der Waals surface area (Å²) in [6.45, 7) is 5.94. The van der Waals surface area contributed by atoms with Crippen LogP contribution in [0.15, 0.2) is 12.1 Å². The van der Waals surface area contributed by atoms with E-state index in [4.69, 9.17) is 4.74 Å². The van der Waals surface area contributed by atoms with Gasteiger partial charge in [-0.3, -0.25) is 10.1 Å². The van der Waals surface area contributed by atoms with E-state index in [-0.39, 0.29) is 17.7 Å². The molecule has 0 fully saturated rings. The number of nitrogens with zero attached hydrogens (tertiary/aromatic N) is 2. The van der Waals surface area contributed by atoms with Gasteiger partial charge in [-0.05, 0) is 12.8 Å². The van der Waals surface area contributed by atoms with Crippen molar-refractivity contribution in [1.82, 2.24) is 4.98 Å². The second-order valence-corrected chi connectivity index (χ2v) is 4.12. The molecule has 0 spiro atoms. The molecule has 0 aliphatic heterocycles. The molecule has 1 aromatic rings. The van der Waals surface area contributed by atoms with E-state index < -0.39 is 4.92 Å². The summed E-state index contributed by atoms with van der Waals surface area (Å²) >= 11 is 0. The molecule has 1 N–H and O–H groups in total. The average molecular weight is 239 g/mol. The number of hydrogen-bond donors (Lipinski definition) is 1. The van der Waals surface area contributed by atoms with Crippen LogP contribution in [0, 0.1) is 16.0 Å². The molecule has 0 aliphatic rings. The first-order chi connectivity index (χ1) is 7.93. The Morgan fingerprint density at radius 3 is 2.53 bits per heavy atom. The van der Waals surface area contributed by atoms with Gasteiger partial charge in [-0.1, -0.05) is 13.8 Å². The zero-order chi connectivity index (χ0) is 13.0. The van der Waals surface area contributed by atoms with Crippen molar-refractivity contribution in [2.75, 3.05) is 12.4 Å². The van der Waals surface area contributed by atoms with Crippen LogP contribution in [0.5, 0.6) is 5.88 Å². The molecule has 0 aromatic carbocycles. The Bertz CT molecular complexity index is 407. The van der Waals surface area contributed by atoms with Gasteiger partial charge < -0.3 is 10.1 Å². The minimum Gasteiger partial charge on any atom is -0.474 e. The lowest BCUT2D eigenvalue weighted by Crippen LogP contribution is -2.19. The van der Waals surface area contributed by atoms with Crippen LogP contribution in [-0.2, 0) is 0 Å². The van der Waals surface area contributed by atoms with Gasteiger partial charge in [-0.2, -0.15) is 4.98 Å². The Morgan fingerprint density at radius 1 is 1.41 bits per heavy atom. The second kappa shape index (κ2) is 5.47. The molecule has 94 valence electrons. The summed E-state index contributed by atoms with van der Waals surface area (Å²) in [5.41, 5.74) is -0.0321. The molecule has 0 saturated heterocycles. The second-order valence-electron chi connectivity index (χ2n) is 4.12. The number of nitrogens with one attached hydrogen (secondary N) is 1. The van der Waals surface area contributed by atoms with Crippen molar-refractivity contribution in [1.29, 1.82) is 0 Å². The summed E-state index contributed by atoms with van der Waals surface area (Å²) in [4.78, 5) is 14.4. The summed E-state index contributed by atoms with van der Waals surface area (Å²) in [6.07, 6.45) is -0.0470. The lowest BCUT2D eigenvalue weighted by molar-refractivity contribution is -0.384. The van der Waals surface area contributed by atoms with Crippen molar-refractivity contribution < 1.29 is 9.66 Å². The van der Waals surface area contributed by atoms with Crippen LogP contribution in [0.1, 0.15) is 20.8 Å². The van der Waals surface area contributed by atoms with Gasteiger partial charge in [-0.25, -0.2) is 0 Å². The standard InChI is InChI=1S/C11H17N3O3/c1-7(2)8(3)17-11-6-9(14(15)16)5-10(12-4)13-11/h5-8H,1-4H3,(H,12,13). The Morgan fingerprint density at radius 2 is 2.06 bits per heavy atom. The molecule has 6 heteroatoms. The first-order valence-electron chi connectivity index (χ1n) is 5.45. The molecule has 6 nitrogen and oxygen atoms in total.